The monoisotopic (exact) mass is 333 g/mol. The Morgan fingerprint density at radius 2 is 1.52 bits per heavy atom. The van der Waals surface area contributed by atoms with Gasteiger partial charge in [-0.05, 0) is 47.4 Å². The summed E-state index contributed by atoms with van der Waals surface area (Å²) < 4.78 is 35.8. The fourth-order valence-electron chi connectivity index (χ4n) is 2.28. The van der Waals surface area contributed by atoms with E-state index in [9.17, 15) is 17.6 Å². The summed E-state index contributed by atoms with van der Waals surface area (Å²) in [6.45, 7) is 1.84. The molecule has 2 aromatic rings. The lowest BCUT2D eigenvalue weighted by atomic mass is 9.92. The van der Waals surface area contributed by atoms with Gasteiger partial charge in [-0.25, -0.2) is 17.9 Å². The SMILES string of the molecule is CC/C(C=O)=C(/c1ccc(F)cc1)c1ccc(S(N)(=O)=O)cc1. The lowest BCUT2D eigenvalue weighted by molar-refractivity contribution is -0.104. The van der Waals surface area contributed by atoms with Crippen molar-refractivity contribution in [2.45, 2.75) is 18.2 Å². The summed E-state index contributed by atoms with van der Waals surface area (Å²) in [5.74, 6) is -0.373. The van der Waals surface area contributed by atoms with Crippen LogP contribution < -0.4 is 5.14 Å². The third kappa shape index (κ3) is 3.91. The number of hydrogen-bond acceptors (Lipinski definition) is 3. The molecule has 4 nitrogen and oxygen atoms in total. The fraction of sp³-hybridized carbons (Fsp3) is 0.118. The van der Waals surface area contributed by atoms with Gasteiger partial charge in [0.25, 0.3) is 0 Å². The van der Waals surface area contributed by atoms with Crippen LogP contribution in [0.25, 0.3) is 5.57 Å². The number of hydrogen-bond donors (Lipinski definition) is 1. The third-order valence-corrected chi connectivity index (χ3v) is 4.38. The third-order valence-electron chi connectivity index (χ3n) is 3.45. The average molecular weight is 333 g/mol. The second-order valence-corrected chi connectivity index (χ2v) is 6.51. The maximum absolute atomic E-state index is 13.1. The molecular formula is C17H16FNO3S. The van der Waals surface area contributed by atoms with Crippen LogP contribution in [0.15, 0.2) is 59.0 Å². The Hall–Kier alpha value is -2.31. The molecule has 0 saturated carbocycles. The van der Waals surface area contributed by atoms with Crippen LogP contribution in [0.5, 0.6) is 0 Å². The van der Waals surface area contributed by atoms with E-state index in [1.165, 1.54) is 24.3 Å². The van der Waals surface area contributed by atoms with Crippen molar-refractivity contribution in [1.29, 1.82) is 0 Å². The molecule has 120 valence electrons. The molecule has 0 bridgehead atoms. The summed E-state index contributed by atoms with van der Waals surface area (Å²) in [5.41, 5.74) is 2.52. The summed E-state index contributed by atoms with van der Waals surface area (Å²) in [7, 11) is -3.78. The van der Waals surface area contributed by atoms with Crippen molar-refractivity contribution in [3.63, 3.8) is 0 Å². The molecule has 0 aliphatic carbocycles. The van der Waals surface area contributed by atoms with E-state index in [-0.39, 0.29) is 10.7 Å². The molecule has 2 rings (SSSR count). The molecule has 0 aliphatic rings. The quantitative estimate of drug-likeness (QED) is 0.675. The van der Waals surface area contributed by atoms with Gasteiger partial charge >= 0.3 is 0 Å². The highest BCUT2D eigenvalue weighted by Gasteiger charge is 2.13. The topological polar surface area (TPSA) is 77.2 Å². The first-order valence-electron chi connectivity index (χ1n) is 6.94. The van der Waals surface area contributed by atoms with Gasteiger partial charge in [-0.2, -0.15) is 0 Å². The van der Waals surface area contributed by atoms with Crippen LogP contribution >= 0.6 is 0 Å². The van der Waals surface area contributed by atoms with Gasteiger partial charge in [0.1, 0.15) is 12.1 Å². The minimum absolute atomic E-state index is 0.0103. The zero-order valence-corrected chi connectivity index (χ0v) is 13.3. The van der Waals surface area contributed by atoms with E-state index in [0.29, 0.717) is 28.7 Å². The Morgan fingerprint density at radius 1 is 1.04 bits per heavy atom. The maximum Gasteiger partial charge on any atom is 0.238 e. The van der Waals surface area contributed by atoms with Crippen molar-refractivity contribution in [2.24, 2.45) is 5.14 Å². The number of carbonyl (C=O) groups excluding carboxylic acids is 1. The van der Waals surface area contributed by atoms with Crippen LogP contribution in [0.2, 0.25) is 0 Å². The molecule has 0 aromatic heterocycles. The molecule has 0 amide bonds. The largest absolute Gasteiger partial charge is 0.298 e. The van der Waals surface area contributed by atoms with Crippen molar-refractivity contribution in [2.75, 3.05) is 0 Å². The summed E-state index contributed by atoms with van der Waals surface area (Å²) in [6.07, 6.45) is 1.25. The number of allylic oxidation sites excluding steroid dienone is 1. The molecule has 0 saturated heterocycles. The number of sulfonamides is 1. The van der Waals surface area contributed by atoms with E-state index < -0.39 is 10.0 Å². The van der Waals surface area contributed by atoms with Crippen LogP contribution in [0.1, 0.15) is 24.5 Å². The standard InChI is InChI=1S/C17H16FNO3S/c1-2-12(11-20)17(13-3-7-15(18)8-4-13)14-5-9-16(10-6-14)23(19,21)22/h3-11H,2H2,1H3,(H2,19,21,22)/b17-12+. The number of rotatable bonds is 5. The molecule has 0 aliphatic heterocycles. The highest BCUT2D eigenvalue weighted by molar-refractivity contribution is 7.89. The maximum atomic E-state index is 13.1. The zero-order valence-electron chi connectivity index (χ0n) is 12.5. The fourth-order valence-corrected chi connectivity index (χ4v) is 2.80. The molecule has 6 heteroatoms. The highest BCUT2D eigenvalue weighted by Crippen LogP contribution is 2.28. The van der Waals surface area contributed by atoms with Gasteiger partial charge in [0.05, 0.1) is 4.90 Å². The Labute approximate surface area is 134 Å². The van der Waals surface area contributed by atoms with Crippen LogP contribution in [0.3, 0.4) is 0 Å². The predicted molar refractivity (Wildman–Crippen MR) is 86.6 cm³/mol. The Morgan fingerprint density at radius 3 is 1.91 bits per heavy atom. The molecule has 0 atom stereocenters. The van der Waals surface area contributed by atoms with E-state index in [1.807, 2.05) is 6.92 Å². The van der Waals surface area contributed by atoms with Gasteiger partial charge < -0.3 is 0 Å². The number of carbonyl (C=O) groups is 1. The lowest BCUT2D eigenvalue weighted by Crippen LogP contribution is -2.11. The molecule has 0 fully saturated rings. The Kier molecular flexibility index (Phi) is 5.08. The zero-order chi connectivity index (χ0) is 17.0. The van der Waals surface area contributed by atoms with Gasteiger partial charge in [-0.15, -0.1) is 0 Å². The molecule has 23 heavy (non-hydrogen) atoms. The number of nitrogens with two attached hydrogens (primary N) is 1. The summed E-state index contributed by atoms with van der Waals surface area (Å²) >= 11 is 0. The summed E-state index contributed by atoms with van der Waals surface area (Å²) in [6, 6.07) is 11.7. The van der Waals surface area contributed by atoms with E-state index in [4.69, 9.17) is 5.14 Å². The van der Waals surface area contributed by atoms with E-state index in [1.54, 1.807) is 24.3 Å². The van der Waals surface area contributed by atoms with Gasteiger partial charge in [0.15, 0.2) is 0 Å². The Balaban J connectivity index is 2.62. The summed E-state index contributed by atoms with van der Waals surface area (Å²) in [5, 5.41) is 5.09. The van der Waals surface area contributed by atoms with Crippen LogP contribution in [-0.4, -0.2) is 14.7 Å². The number of benzene rings is 2. The minimum atomic E-state index is -3.78. The van der Waals surface area contributed by atoms with Crippen LogP contribution in [-0.2, 0) is 14.8 Å². The van der Waals surface area contributed by atoms with Crippen molar-refractivity contribution in [1.82, 2.24) is 0 Å². The molecule has 0 radical (unpaired) electrons. The summed E-state index contributed by atoms with van der Waals surface area (Å²) in [4.78, 5) is 11.4. The molecular weight excluding hydrogens is 317 g/mol. The number of aldehydes is 1. The average Bonchev–Trinajstić information content (AvgIpc) is 2.53. The Bertz CT molecular complexity index is 838. The van der Waals surface area contributed by atoms with E-state index in [0.717, 1.165) is 6.29 Å². The lowest BCUT2D eigenvalue weighted by Gasteiger charge is -2.12. The minimum Gasteiger partial charge on any atom is -0.298 e. The predicted octanol–water partition coefficient (Wildman–Crippen LogP) is 2.88. The van der Waals surface area contributed by atoms with Gasteiger partial charge in [0.2, 0.25) is 10.0 Å². The van der Waals surface area contributed by atoms with Crippen LogP contribution in [0.4, 0.5) is 4.39 Å². The molecule has 2 aromatic carbocycles. The van der Waals surface area contributed by atoms with Gasteiger partial charge in [0, 0.05) is 5.57 Å². The molecule has 0 unspecified atom stereocenters. The first-order valence-corrected chi connectivity index (χ1v) is 8.49. The van der Waals surface area contributed by atoms with Gasteiger partial charge in [-0.3, -0.25) is 4.79 Å². The van der Waals surface area contributed by atoms with E-state index >= 15 is 0 Å². The smallest absolute Gasteiger partial charge is 0.238 e. The first kappa shape index (κ1) is 17.1. The molecule has 2 N–H and O–H groups in total. The molecule has 0 spiro atoms. The number of halogens is 1. The second kappa shape index (κ2) is 6.85. The van der Waals surface area contributed by atoms with E-state index in [2.05, 4.69) is 0 Å². The van der Waals surface area contributed by atoms with Crippen molar-refractivity contribution >= 4 is 21.9 Å². The van der Waals surface area contributed by atoms with Crippen molar-refractivity contribution in [3.8, 4) is 0 Å². The molecule has 0 heterocycles. The van der Waals surface area contributed by atoms with Crippen molar-refractivity contribution in [3.05, 3.63) is 71.0 Å². The van der Waals surface area contributed by atoms with Crippen LogP contribution in [0, 0.1) is 5.82 Å². The number of primary sulfonamides is 1. The van der Waals surface area contributed by atoms with Gasteiger partial charge in [-0.1, -0.05) is 31.2 Å². The second-order valence-electron chi connectivity index (χ2n) is 4.95. The van der Waals surface area contributed by atoms with Crippen molar-refractivity contribution < 1.29 is 17.6 Å². The highest BCUT2D eigenvalue weighted by atomic mass is 32.2. The first-order chi connectivity index (χ1) is 10.9. The normalized spacial score (nSPS) is 12.7.